The molecule has 3 aromatic rings. The molecule has 0 bridgehead atoms. The first-order valence-corrected chi connectivity index (χ1v) is 10.9. The van der Waals surface area contributed by atoms with Crippen molar-refractivity contribution in [1.29, 1.82) is 16.1 Å². The van der Waals surface area contributed by atoms with Crippen LogP contribution < -0.4 is 10.5 Å². The summed E-state index contributed by atoms with van der Waals surface area (Å²) in [6, 6.07) is 10.7. The van der Waals surface area contributed by atoms with E-state index < -0.39 is 11.2 Å². The second-order valence-corrected chi connectivity index (χ2v) is 8.86. The molecule has 0 spiro atoms. The minimum atomic E-state index is -0.766. The Labute approximate surface area is 196 Å². The fourth-order valence-electron chi connectivity index (χ4n) is 4.01. The van der Waals surface area contributed by atoms with Crippen LogP contribution in [0.25, 0.3) is 10.9 Å². The molecule has 4 rings (SSSR count). The molecule has 8 heteroatoms. The van der Waals surface area contributed by atoms with Crippen LogP contribution in [0.3, 0.4) is 0 Å². The number of halogens is 2. The maximum absolute atomic E-state index is 14.5. The van der Waals surface area contributed by atoms with Crippen molar-refractivity contribution in [2.24, 2.45) is 5.41 Å². The summed E-state index contributed by atoms with van der Waals surface area (Å²) in [5.41, 5.74) is 2.25. The highest BCUT2D eigenvalue weighted by Crippen LogP contribution is 2.39. The Morgan fingerprint density at radius 2 is 2.03 bits per heavy atom. The lowest BCUT2D eigenvalue weighted by atomic mass is 9.93. The highest BCUT2D eigenvalue weighted by atomic mass is 35.5. The van der Waals surface area contributed by atoms with Gasteiger partial charge in [-0.25, -0.2) is 4.39 Å². The molecule has 0 unspecified atom stereocenters. The van der Waals surface area contributed by atoms with Gasteiger partial charge in [0.25, 0.3) is 0 Å². The molecule has 0 aliphatic carbocycles. The zero-order valence-electron chi connectivity index (χ0n) is 18.6. The third kappa shape index (κ3) is 3.97. The van der Waals surface area contributed by atoms with Crippen LogP contribution in [0.4, 0.5) is 15.9 Å². The number of nitriles is 1. The van der Waals surface area contributed by atoms with Crippen LogP contribution in [-0.2, 0) is 6.42 Å². The molecule has 1 aliphatic rings. The molecule has 6 nitrogen and oxygen atoms in total. The van der Waals surface area contributed by atoms with Crippen molar-refractivity contribution in [3.8, 4) is 17.9 Å². The SMILES string of the molecule is CC(=N)n1c(=N)nc(N2CCCc3c(C#CC(C)(C)C#N)cccc32)c2c(Cl)c(F)ccc21. The van der Waals surface area contributed by atoms with Crippen LogP contribution in [0, 0.1) is 45.2 Å². The van der Waals surface area contributed by atoms with E-state index in [0.29, 0.717) is 23.3 Å². The summed E-state index contributed by atoms with van der Waals surface area (Å²) in [5, 5.41) is 26.1. The Balaban J connectivity index is 1.98. The molecule has 0 radical (unpaired) electrons. The van der Waals surface area contributed by atoms with Gasteiger partial charge in [0.2, 0.25) is 5.62 Å². The lowest BCUT2D eigenvalue weighted by Gasteiger charge is -2.32. The number of hydrogen-bond acceptors (Lipinski definition) is 5. The van der Waals surface area contributed by atoms with Crippen molar-refractivity contribution < 1.29 is 4.39 Å². The van der Waals surface area contributed by atoms with Gasteiger partial charge >= 0.3 is 0 Å². The molecule has 0 saturated carbocycles. The predicted molar refractivity (Wildman–Crippen MR) is 127 cm³/mol. The van der Waals surface area contributed by atoms with E-state index in [4.69, 9.17) is 22.4 Å². The summed E-state index contributed by atoms with van der Waals surface area (Å²) in [4.78, 5) is 6.40. The normalized spacial score (nSPS) is 13.2. The first-order chi connectivity index (χ1) is 15.6. The topological polar surface area (TPSA) is 92.6 Å². The van der Waals surface area contributed by atoms with E-state index in [1.807, 2.05) is 23.1 Å². The summed E-state index contributed by atoms with van der Waals surface area (Å²) < 4.78 is 15.8. The van der Waals surface area contributed by atoms with Gasteiger partial charge < -0.3 is 4.90 Å². The second kappa shape index (κ2) is 8.35. The molecular formula is C25H22ClFN6. The van der Waals surface area contributed by atoms with Crippen molar-refractivity contribution in [2.75, 3.05) is 11.4 Å². The van der Waals surface area contributed by atoms with Crippen molar-refractivity contribution in [2.45, 2.75) is 33.6 Å². The highest BCUT2D eigenvalue weighted by Gasteiger charge is 2.26. The number of rotatable bonds is 1. The molecule has 166 valence electrons. The Kier molecular flexibility index (Phi) is 5.69. The number of aromatic nitrogens is 2. The maximum Gasteiger partial charge on any atom is 0.230 e. The third-order valence-corrected chi connectivity index (χ3v) is 5.96. The Bertz CT molecular complexity index is 1470. The number of nitrogens with one attached hydrogen (secondary N) is 2. The number of nitrogens with zero attached hydrogens (tertiary/aromatic N) is 4. The first-order valence-electron chi connectivity index (χ1n) is 10.5. The van der Waals surface area contributed by atoms with Crippen molar-refractivity contribution in [3.63, 3.8) is 0 Å². The van der Waals surface area contributed by atoms with Gasteiger partial charge in [0.15, 0.2) is 0 Å². The van der Waals surface area contributed by atoms with Gasteiger partial charge in [-0.15, -0.1) is 0 Å². The summed E-state index contributed by atoms with van der Waals surface area (Å²) >= 11 is 6.41. The summed E-state index contributed by atoms with van der Waals surface area (Å²) in [5.74, 6) is 6.06. The van der Waals surface area contributed by atoms with E-state index in [1.54, 1.807) is 20.8 Å². The quantitative estimate of drug-likeness (QED) is 0.299. The maximum atomic E-state index is 14.5. The van der Waals surface area contributed by atoms with Crippen molar-refractivity contribution >= 4 is 39.8 Å². The minimum absolute atomic E-state index is 0.0865. The molecular weight excluding hydrogens is 439 g/mol. The van der Waals surface area contributed by atoms with Gasteiger partial charge in [-0.1, -0.05) is 29.5 Å². The molecule has 0 atom stereocenters. The van der Waals surface area contributed by atoms with E-state index in [9.17, 15) is 9.65 Å². The van der Waals surface area contributed by atoms with Crippen LogP contribution in [0.1, 0.15) is 38.3 Å². The Hall–Kier alpha value is -3.68. The highest BCUT2D eigenvalue weighted by molar-refractivity contribution is 6.36. The Morgan fingerprint density at radius 3 is 2.73 bits per heavy atom. The molecule has 1 aromatic heterocycles. The van der Waals surface area contributed by atoms with Gasteiger partial charge in [0.1, 0.15) is 22.9 Å². The average Bonchev–Trinajstić information content (AvgIpc) is 2.78. The Morgan fingerprint density at radius 1 is 1.27 bits per heavy atom. The van der Waals surface area contributed by atoms with Crippen LogP contribution >= 0.6 is 11.6 Å². The summed E-state index contributed by atoms with van der Waals surface area (Å²) in [7, 11) is 0. The largest absolute Gasteiger partial charge is 0.325 e. The standard InChI is InChI=1S/C25H22ClFN6/c1-15(29)33-20-10-9-18(27)22(26)21(20)23(31-24(33)30)32-13-5-7-17-16(6-4-8-19(17)32)11-12-25(2,3)14-28/h4,6,8-10,29-30H,5,7,13H2,1-3H3. The lowest BCUT2D eigenvalue weighted by Crippen LogP contribution is -2.33. The number of fused-ring (bicyclic) bond motifs is 2. The molecule has 2 aromatic carbocycles. The third-order valence-electron chi connectivity index (χ3n) is 5.59. The van der Waals surface area contributed by atoms with Crippen molar-refractivity contribution in [1.82, 2.24) is 9.55 Å². The molecule has 1 aliphatic heterocycles. The predicted octanol–water partition coefficient (Wildman–Crippen LogP) is 5.14. The van der Waals surface area contributed by atoms with Crippen LogP contribution in [0.15, 0.2) is 30.3 Å². The molecule has 0 amide bonds. The fourth-order valence-corrected chi connectivity index (χ4v) is 4.25. The second-order valence-electron chi connectivity index (χ2n) is 8.48. The average molecular weight is 461 g/mol. The van der Waals surface area contributed by atoms with E-state index >= 15 is 0 Å². The molecule has 0 fully saturated rings. The zero-order chi connectivity index (χ0) is 23.9. The van der Waals surface area contributed by atoms with Crippen LogP contribution in [0.5, 0.6) is 0 Å². The molecule has 2 heterocycles. The fraction of sp³-hybridized carbons (Fsp3) is 0.280. The van der Waals surface area contributed by atoms with E-state index in [2.05, 4.69) is 22.9 Å². The molecule has 0 saturated heterocycles. The smallest absolute Gasteiger partial charge is 0.230 e. The van der Waals surface area contributed by atoms with Gasteiger partial charge in [-0.2, -0.15) is 10.2 Å². The summed E-state index contributed by atoms with van der Waals surface area (Å²) in [6.07, 6.45) is 1.60. The number of anilines is 2. The zero-order valence-corrected chi connectivity index (χ0v) is 19.3. The van der Waals surface area contributed by atoms with Crippen LogP contribution in [0.2, 0.25) is 5.02 Å². The number of hydrogen-bond donors (Lipinski definition) is 2. The van der Waals surface area contributed by atoms with Gasteiger partial charge in [-0.05, 0) is 63.4 Å². The van der Waals surface area contributed by atoms with Crippen molar-refractivity contribution in [3.05, 3.63) is 57.9 Å². The monoisotopic (exact) mass is 460 g/mol. The van der Waals surface area contributed by atoms with Crippen LogP contribution in [-0.4, -0.2) is 21.9 Å². The summed E-state index contributed by atoms with van der Waals surface area (Å²) in [6.45, 7) is 5.69. The van der Waals surface area contributed by atoms with Gasteiger partial charge in [-0.3, -0.25) is 15.4 Å². The van der Waals surface area contributed by atoms with E-state index in [1.165, 1.54) is 16.7 Å². The molecule has 33 heavy (non-hydrogen) atoms. The van der Waals surface area contributed by atoms with E-state index in [0.717, 1.165) is 29.7 Å². The van der Waals surface area contributed by atoms with E-state index in [-0.39, 0.29) is 16.5 Å². The van der Waals surface area contributed by atoms with Gasteiger partial charge in [0.05, 0.1) is 22.0 Å². The lowest BCUT2D eigenvalue weighted by molar-refractivity contribution is 0.629. The minimum Gasteiger partial charge on any atom is -0.325 e. The first kappa shape index (κ1) is 22.5. The number of benzene rings is 2. The molecule has 2 N–H and O–H groups in total. The van der Waals surface area contributed by atoms with Gasteiger partial charge in [0, 0.05) is 17.8 Å².